The number of fused-ring (bicyclic) bond motifs is 1. The van der Waals surface area contributed by atoms with Crippen LogP contribution in [0.4, 0.5) is 0 Å². The van der Waals surface area contributed by atoms with Crippen LogP contribution in [0.25, 0.3) is 0 Å². The van der Waals surface area contributed by atoms with E-state index in [1.165, 1.54) is 20.7 Å². The zero-order valence-corrected chi connectivity index (χ0v) is 40.5. The summed E-state index contributed by atoms with van der Waals surface area (Å²) < 4.78 is 15.9. The van der Waals surface area contributed by atoms with Crippen LogP contribution in [0.1, 0.15) is 87.0 Å². The van der Waals surface area contributed by atoms with Crippen LogP contribution in [0.2, 0.25) is 29.7 Å². The summed E-state index contributed by atoms with van der Waals surface area (Å²) in [6.07, 6.45) is 9.86. The summed E-state index contributed by atoms with van der Waals surface area (Å²) in [4.78, 5) is 13.6. The lowest BCUT2D eigenvalue weighted by molar-refractivity contribution is -0.120. The van der Waals surface area contributed by atoms with Gasteiger partial charge < -0.3 is 14.2 Å². The van der Waals surface area contributed by atoms with Crippen LogP contribution in [-0.2, 0) is 13.6 Å². The van der Waals surface area contributed by atoms with E-state index in [9.17, 15) is 4.79 Å². The Labute approximate surface area is 359 Å². The van der Waals surface area contributed by atoms with Gasteiger partial charge in [0.15, 0.2) is 0 Å². The first-order valence-corrected chi connectivity index (χ1v) is 29.4. The van der Waals surface area contributed by atoms with Crippen LogP contribution in [0.3, 0.4) is 0 Å². The molecule has 4 aromatic rings. The van der Waals surface area contributed by atoms with E-state index in [0.717, 1.165) is 25.7 Å². The highest BCUT2D eigenvalue weighted by molar-refractivity contribution is 7.00. The lowest BCUT2D eigenvalue weighted by Gasteiger charge is -2.46. The number of benzene rings is 4. The van der Waals surface area contributed by atoms with E-state index in [1.54, 1.807) is 0 Å². The van der Waals surface area contributed by atoms with Crippen molar-refractivity contribution in [2.24, 2.45) is 11.8 Å². The van der Waals surface area contributed by atoms with Crippen molar-refractivity contribution in [1.29, 1.82) is 0 Å². The molecular formula is C52H69NO3Si3. The van der Waals surface area contributed by atoms with Gasteiger partial charge in [0.05, 0.1) is 12.2 Å². The molecule has 59 heavy (non-hydrogen) atoms. The molecule has 4 nitrogen and oxygen atoms in total. The summed E-state index contributed by atoms with van der Waals surface area (Å²) in [5.41, 5.74) is 3.06. The summed E-state index contributed by atoms with van der Waals surface area (Å²) in [5, 5.41) is 8.22. The molecule has 2 fully saturated rings. The molecule has 0 spiro atoms. The summed E-state index contributed by atoms with van der Waals surface area (Å²) in [5.74, 6) is 3.79. The van der Waals surface area contributed by atoms with Gasteiger partial charge in [0.25, 0.3) is 16.6 Å². The molecule has 1 saturated carbocycles. The van der Waals surface area contributed by atoms with Crippen LogP contribution >= 0.6 is 0 Å². The van der Waals surface area contributed by atoms with Crippen molar-refractivity contribution in [3.63, 3.8) is 0 Å². The zero-order valence-electron chi connectivity index (χ0n) is 37.5. The summed E-state index contributed by atoms with van der Waals surface area (Å²) in [6, 6.07) is 43.9. The van der Waals surface area contributed by atoms with Crippen LogP contribution in [0.15, 0.2) is 133 Å². The van der Waals surface area contributed by atoms with Crippen molar-refractivity contribution in [3.05, 3.63) is 133 Å². The molecule has 4 unspecified atom stereocenters. The second-order valence-corrected chi connectivity index (χ2v) is 33.4. The van der Waals surface area contributed by atoms with E-state index in [4.69, 9.17) is 8.85 Å². The number of nitrogens with one attached hydrogen (secondary N) is 1. The molecule has 5 atom stereocenters. The van der Waals surface area contributed by atoms with Gasteiger partial charge in [-0.2, -0.15) is 0 Å². The maximum Gasteiger partial charge on any atom is 0.261 e. The highest BCUT2D eigenvalue weighted by Gasteiger charge is 2.61. The second kappa shape index (κ2) is 18.1. The molecule has 1 saturated heterocycles. The summed E-state index contributed by atoms with van der Waals surface area (Å²) in [6.45, 7) is 23.3. The molecule has 0 radical (unpaired) electrons. The van der Waals surface area contributed by atoms with Gasteiger partial charge in [-0.1, -0.05) is 227 Å². The Morgan fingerprint density at radius 3 is 1.61 bits per heavy atom. The Morgan fingerprint density at radius 2 is 1.19 bits per heavy atom. The molecule has 1 heterocycles. The number of carbonyl (C=O) groups excluding carboxylic acids is 1. The van der Waals surface area contributed by atoms with Gasteiger partial charge in [-0.15, -0.1) is 5.54 Å². The summed E-state index contributed by atoms with van der Waals surface area (Å²) in [7, 11) is -7.60. The third kappa shape index (κ3) is 9.43. The number of amides is 1. The second-order valence-electron chi connectivity index (χ2n) is 20.1. The highest BCUT2D eigenvalue weighted by atomic mass is 28.4. The smallest absolute Gasteiger partial charge is 0.261 e. The van der Waals surface area contributed by atoms with E-state index in [1.807, 2.05) is 0 Å². The van der Waals surface area contributed by atoms with Crippen LogP contribution in [0, 0.1) is 23.3 Å². The van der Waals surface area contributed by atoms with Crippen molar-refractivity contribution in [3.8, 4) is 11.5 Å². The predicted molar refractivity (Wildman–Crippen MR) is 256 cm³/mol. The number of carbonyl (C=O) groups is 1. The normalized spacial score (nSPS) is 21.8. The Kier molecular flexibility index (Phi) is 13.7. The molecule has 1 N–H and O–H groups in total. The summed E-state index contributed by atoms with van der Waals surface area (Å²) >= 11 is 0. The SMILES string of the molecule is CCCCC[C@@H](C=CC1C(O[Si](c2ccccc2)(c2ccccc2)C(C)(C)C)CC2(C#C[Si](C)(C)C)NC(=O)CC12)O[Si](c1ccccc1)(c1ccccc1)C(C)(C)C. The molecule has 1 aliphatic carbocycles. The van der Waals surface area contributed by atoms with Crippen LogP contribution < -0.4 is 26.1 Å². The first-order valence-electron chi connectivity index (χ1n) is 22.1. The van der Waals surface area contributed by atoms with Gasteiger partial charge in [-0.05, 0) is 37.2 Å². The fraction of sp³-hybridized carbons (Fsp3) is 0.442. The monoisotopic (exact) mass is 839 g/mol. The van der Waals surface area contributed by atoms with Crippen LogP contribution in [0.5, 0.6) is 0 Å². The fourth-order valence-corrected chi connectivity index (χ4v) is 19.9. The average molecular weight is 840 g/mol. The van der Waals surface area contributed by atoms with Gasteiger partial charge >= 0.3 is 0 Å². The number of unbranched alkanes of at least 4 members (excludes halogenated alkanes) is 2. The Hall–Kier alpha value is -3.78. The molecule has 0 aromatic heterocycles. The molecular weight excluding hydrogens is 771 g/mol. The van der Waals surface area contributed by atoms with E-state index >= 15 is 0 Å². The van der Waals surface area contributed by atoms with Crippen molar-refractivity contribution in [2.75, 3.05) is 0 Å². The molecule has 4 aromatic carbocycles. The maximum atomic E-state index is 13.6. The fourth-order valence-electron chi connectivity index (χ4n) is 9.88. The Morgan fingerprint density at radius 1 is 0.729 bits per heavy atom. The third-order valence-corrected chi connectivity index (χ3v) is 23.6. The third-order valence-electron chi connectivity index (χ3n) is 12.6. The number of hydrogen-bond donors (Lipinski definition) is 1. The van der Waals surface area contributed by atoms with Crippen LogP contribution in [-0.4, -0.2) is 48.4 Å². The Balaban J connectivity index is 1.52. The molecule has 2 aliphatic rings. The van der Waals surface area contributed by atoms with Crippen molar-refractivity contribution in [2.45, 2.75) is 134 Å². The molecule has 6 rings (SSSR count). The standard InChI is InChI=1S/C52H69NO3Si3/c1-11-12-17-26-41(55-58(50(2,3)4,42-27-18-13-19-28-42)43-29-20-14-21-30-43)35-36-46-47-39-49(54)53-52(47,37-38-57(8,9)10)40-48(46)56-59(51(5,6)7,44-31-22-15-23-32-44)45-33-24-16-25-34-45/h13-16,18-25,27-36,41,46-48H,11-12,17,26,39-40H2,1-10H3,(H,53,54)/t41-,46?,47?,48?,52?/m0/s1. The zero-order chi connectivity index (χ0) is 42.5. The largest absolute Gasteiger partial charge is 0.404 e. The maximum absolute atomic E-state index is 13.6. The molecule has 0 bridgehead atoms. The lowest BCUT2D eigenvalue weighted by atomic mass is 9.84. The minimum atomic E-state index is -2.96. The number of hydrogen-bond acceptors (Lipinski definition) is 3. The van der Waals surface area contributed by atoms with Crippen molar-refractivity contribution >= 4 is 51.4 Å². The minimum absolute atomic E-state index is 0.0255. The van der Waals surface area contributed by atoms with Gasteiger partial charge in [0.1, 0.15) is 13.6 Å². The molecule has 312 valence electrons. The predicted octanol–water partition coefficient (Wildman–Crippen LogP) is 9.79. The van der Waals surface area contributed by atoms with Crippen molar-refractivity contribution < 1.29 is 13.6 Å². The van der Waals surface area contributed by atoms with Gasteiger partial charge in [0, 0.05) is 24.7 Å². The van der Waals surface area contributed by atoms with Gasteiger partial charge in [-0.3, -0.25) is 4.79 Å². The van der Waals surface area contributed by atoms with Crippen molar-refractivity contribution in [1.82, 2.24) is 5.32 Å². The lowest BCUT2D eigenvalue weighted by Crippen LogP contribution is -2.68. The van der Waals surface area contributed by atoms with E-state index < -0.39 is 30.2 Å². The van der Waals surface area contributed by atoms with Gasteiger partial charge in [-0.25, -0.2) is 0 Å². The quantitative estimate of drug-likeness (QED) is 0.0596. The van der Waals surface area contributed by atoms with E-state index in [0.29, 0.717) is 12.8 Å². The molecule has 1 aliphatic heterocycles. The van der Waals surface area contributed by atoms with E-state index in [2.05, 4.69) is 218 Å². The number of rotatable bonds is 14. The molecule has 1 amide bonds. The van der Waals surface area contributed by atoms with E-state index in [-0.39, 0.29) is 40.0 Å². The topological polar surface area (TPSA) is 47.6 Å². The minimum Gasteiger partial charge on any atom is -0.404 e. The Bertz CT molecular complexity index is 2000. The highest BCUT2D eigenvalue weighted by Crippen LogP contribution is 2.51. The molecule has 7 heteroatoms. The van der Waals surface area contributed by atoms with Gasteiger partial charge in [0.2, 0.25) is 5.91 Å². The first kappa shape index (κ1) is 44.8. The first-order chi connectivity index (χ1) is 28.0. The average Bonchev–Trinajstić information content (AvgIpc) is 3.67.